The fourth-order valence-electron chi connectivity index (χ4n) is 1.37. The van der Waals surface area contributed by atoms with Gasteiger partial charge in [0.05, 0.1) is 12.3 Å². The average Bonchev–Trinajstić information content (AvgIpc) is 2.83. The van der Waals surface area contributed by atoms with Crippen LogP contribution in [0.1, 0.15) is 29.2 Å². The molecule has 2 heterocycles. The molecule has 3 N–H and O–H groups in total. The van der Waals surface area contributed by atoms with E-state index in [-0.39, 0.29) is 11.7 Å². The second-order valence-corrected chi connectivity index (χ2v) is 3.55. The number of carbonyl (C=O) groups excluding carboxylic acids is 1. The molecule has 6 heteroatoms. The quantitative estimate of drug-likeness (QED) is 0.829. The van der Waals surface area contributed by atoms with Gasteiger partial charge in [0, 0.05) is 0 Å². The van der Waals surface area contributed by atoms with Gasteiger partial charge in [0.25, 0.3) is 5.91 Å². The minimum atomic E-state index is -0.594. The fraction of sp³-hybridized carbons (Fsp3) is 0.182. The highest BCUT2D eigenvalue weighted by atomic mass is 16.3. The van der Waals surface area contributed by atoms with Gasteiger partial charge in [-0.3, -0.25) is 4.79 Å². The summed E-state index contributed by atoms with van der Waals surface area (Å²) in [6.45, 7) is 1.93. The van der Waals surface area contributed by atoms with Gasteiger partial charge in [-0.1, -0.05) is 0 Å². The number of aromatic nitrogens is 2. The van der Waals surface area contributed by atoms with Crippen LogP contribution in [0.4, 0.5) is 5.82 Å². The molecule has 88 valence electrons. The zero-order valence-corrected chi connectivity index (χ0v) is 9.25. The first-order chi connectivity index (χ1) is 8.16. The molecule has 0 aliphatic heterocycles. The number of rotatable bonds is 4. The van der Waals surface area contributed by atoms with Gasteiger partial charge in [-0.25, -0.2) is 0 Å². The molecular formula is C11H12N4O2. The number of furan rings is 1. The van der Waals surface area contributed by atoms with Crippen LogP contribution in [0.5, 0.6) is 0 Å². The molecule has 1 amide bonds. The van der Waals surface area contributed by atoms with Crippen LogP contribution in [0.15, 0.2) is 34.9 Å². The van der Waals surface area contributed by atoms with E-state index >= 15 is 0 Å². The molecule has 1 atom stereocenters. The molecule has 0 aliphatic carbocycles. The standard InChI is InChI=1S/C11H12N4O2/c1-7(9-3-2-6-17-9)13-10-5-4-8(11(12)16)14-15-10/h2-7H,1H3,(H2,12,16)(H,13,15). The van der Waals surface area contributed by atoms with Crippen molar-refractivity contribution in [1.29, 1.82) is 0 Å². The molecular weight excluding hydrogens is 220 g/mol. The van der Waals surface area contributed by atoms with Gasteiger partial charge in [-0.2, -0.15) is 0 Å². The summed E-state index contributed by atoms with van der Waals surface area (Å²) in [5, 5.41) is 10.6. The number of carbonyl (C=O) groups is 1. The molecule has 2 aromatic heterocycles. The molecule has 6 nitrogen and oxygen atoms in total. The number of amides is 1. The largest absolute Gasteiger partial charge is 0.467 e. The number of nitrogens with two attached hydrogens (primary N) is 1. The van der Waals surface area contributed by atoms with Crippen LogP contribution in [-0.4, -0.2) is 16.1 Å². The first-order valence-electron chi connectivity index (χ1n) is 5.10. The third-order valence-electron chi connectivity index (χ3n) is 2.25. The Kier molecular flexibility index (Phi) is 3.04. The van der Waals surface area contributed by atoms with E-state index < -0.39 is 5.91 Å². The van der Waals surface area contributed by atoms with Crippen molar-refractivity contribution in [3.63, 3.8) is 0 Å². The maximum Gasteiger partial charge on any atom is 0.269 e. The predicted molar refractivity (Wildman–Crippen MR) is 61.3 cm³/mol. The molecule has 0 saturated carbocycles. The Bertz CT molecular complexity index is 493. The number of hydrogen-bond donors (Lipinski definition) is 2. The lowest BCUT2D eigenvalue weighted by Gasteiger charge is -2.11. The van der Waals surface area contributed by atoms with Crippen molar-refractivity contribution in [3.05, 3.63) is 42.0 Å². The minimum absolute atomic E-state index is 0.0290. The lowest BCUT2D eigenvalue weighted by molar-refractivity contribution is 0.0994. The van der Waals surface area contributed by atoms with Crippen molar-refractivity contribution >= 4 is 11.7 Å². The summed E-state index contributed by atoms with van der Waals surface area (Å²) in [5.74, 6) is 0.757. The molecule has 0 bridgehead atoms. The lowest BCUT2D eigenvalue weighted by Crippen LogP contribution is -2.15. The molecule has 0 spiro atoms. The van der Waals surface area contributed by atoms with E-state index in [0.29, 0.717) is 5.82 Å². The third kappa shape index (κ3) is 2.60. The summed E-state index contributed by atoms with van der Waals surface area (Å²) in [6.07, 6.45) is 1.61. The van der Waals surface area contributed by atoms with E-state index in [0.717, 1.165) is 5.76 Å². The Labute approximate surface area is 97.8 Å². The molecule has 0 aromatic carbocycles. The number of anilines is 1. The van der Waals surface area contributed by atoms with Gasteiger partial charge in [0.1, 0.15) is 11.6 Å². The summed E-state index contributed by atoms with van der Waals surface area (Å²) in [4.78, 5) is 10.8. The smallest absolute Gasteiger partial charge is 0.269 e. The van der Waals surface area contributed by atoms with Crippen molar-refractivity contribution in [3.8, 4) is 0 Å². The van der Waals surface area contributed by atoms with Crippen molar-refractivity contribution in [2.45, 2.75) is 13.0 Å². The Morgan fingerprint density at radius 3 is 2.76 bits per heavy atom. The van der Waals surface area contributed by atoms with E-state index in [1.54, 1.807) is 12.3 Å². The molecule has 0 saturated heterocycles. The van der Waals surface area contributed by atoms with E-state index in [4.69, 9.17) is 10.2 Å². The Balaban J connectivity index is 2.06. The van der Waals surface area contributed by atoms with Crippen LogP contribution in [0.2, 0.25) is 0 Å². The number of nitrogens with one attached hydrogen (secondary N) is 1. The van der Waals surface area contributed by atoms with Crippen molar-refractivity contribution < 1.29 is 9.21 Å². The Morgan fingerprint density at radius 2 is 2.24 bits per heavy atom. The highest BCUT2D eigenvalue weighted by molar-refractivity contribution is 5.90. The van der Waals surface area contributed by atoms with Crippen LogP contribution in [0.3, 0.4) is 0 Å². The summed E-state index contributed by atoms with van der Waals surface area (Å²) >= 11 is 0. The summed E-state index contributed by atoms with van der Waals surface area (Å²) in [7, 11) is 0. The maximum absolute atomic E-state index is 10.8. The lowest BCUT2D eigenvalue weighted by atomic mass is 10.2. The van der Waals surface area contributed by atoms with Crippen LogP contribution in [0.25, 0.3) is 0 Å². The SMILES string of the molecule is CC(Nc1ccc(C(N)=O)nn1)c1ccco1. The predicted octanol–water partition coefficient (Wildman–Crippen LogP) is 1.34. The summed E-state index contributed by atoms with van der Waals surface area (Å²) in [5.41, 5.74) is 5.21. The van der Waals surface area contributed by atoms with Gasteiger partial charge in [-0.15, -0.1) is 10.2 Å². The molecule has 17 heavy (non-hydrogen) atoms. The topological polar surface area (TPSA) is 94.0 Å². The van der Waals surface area contributed by atoms with Crippen LogP contribution < -0.4 is 11.1 Å². The Morgan fingerprint density at radius 1 is 1.41 bits per heavy atom. The van der Waals surface area contributed by atoms with Gasteiger partial charge in [-0.05, 0) is 31.2 Å². The van der Waals surface area contributed by atoms with Gasteiger partial charge in [0.15, 0.2) is 5.69 Å². The normalized spacial score (nSPS) is 12.1. The third-order valence-corrected chi connectivity index (χ3v) is 2.25. The van der Waals surface area contributed by atoms with Crippen LogP contribution in [-0.2, 0) is 0 Å². The number of hydrogen-bond acceptors (Lipinski definition) is 5. The second kappa shape index (κ2) is 4.65. The fourth-order valence-corrected chi connectivity index (χ4v) is 1.37. The second-order valence-electron chi connectivity index (χ2n) is 3.55. The minimum Gasteiger partial charge on any atom is -0.467 e. The number of nitrogens with zero attached hydrogens (tertiary/aromatic N) is 2. The van der Waals surface area contributed by atoms with E-state index in [1.807, 2.05) is 19.1 Å². The monoisotopic (exact) mass is 232 g/mol. The van der Waals surface area contributed by atoms with Gasteiger partial charge < -0.3 is 15.5 Å². The average molecular weight is 232 g/mol. The van der Waals surface area contributed by atoms with Crippen molar-refractivity contribution in [2.75, 3.05) is 5.32 Å². The van der Waals surface area contributed by atoms with E-state index in [1.165, 1.54) is 6.07 Å². The van der Waals surface area contributed by atoms with Crippen molar-refractivity contribution in [1.82, 2.24) is 10.2 Å². The van der Waals surface area contributed by atoms with Crippen molar-refractivity contribution in [2.24, 2.45) is 5.73 Å². The molecule has 0 fully saturated rings. The zero-order chi connectivity index (χ0) is 12.3. The first kappa shape index (κ1) is 11.1. The highest BCUT2D eigenvalue weighted by Crippen LogP contribution is 2.17. The molecule has 0 radical (unpaired) electrons. The summed E-state index contributed by atoms with van der Waals surface area (Å²) < 4.78 is 5.24. The Hall–Kier alpha value is -2.37. The zero-order valence-electron chi connectivity index (χ0n) is 9.25. The van der Waals surface area contributed by atoms with Gasteiger partial charge in [0.2, 0.25) is 0 Å². The van der Waals surface area contributed by atoms with Crippen LogP contribution in [0, 0.1) is 0 Å². The molecule has 2 rings (SSSR count). The summed E-state index contributed by atoms with van der Waals surface area (Å²) in [6, 6.07) is 6.82. The van der Waals surface area contributed by atoms with E-state index in [2.05, 4.69) is 15.5 Å². The van der Waals surface area contributed by atoms with Gasteiger partial charge >= 0.3 is 0 Å². The molecule has 2 aromatic rings. The maximum atomic E-state index is 10.8. The van der Waals surface area contributed by atoms with Crippen LogP contribution >= 0.6 is 0 Å². The number of primary amides is 1. The first-order valence-corrected chi connectivity index (χ1v) is 5.10. The van der Waals surface area contributed by atoms with E-state index in [9.17, 15) is 4.79 Å². The molecule has 0 aliphatic rings. The molecule has 1 unspecified atom stereocenters. The highest BCUT2D eigenvalue weighted by Gasteiger charge is 2.09.